The average Bonchev–Trinajstić information content (AvgIpc) is 2.37. The molecule has 1 rings (SSSR count). The molecule has 0 aliphatic rings. The van der Waals surface area contributed by atoms with Gasteiger partial charge in [-0.3, -0.25) is 0 Å². The van der Waals surface area contributed by atoms with Crippen molar-refractivity contribution in [2.45, 2.75) is 65.0 Å². The molecule has 0 aliphatic carbocycles. The van der Waals surface area contributed by atoms with Crippen LogP contribution in [0.25, 0.3) is 0 Å². The maximum absolute atomic E-state index is 9.92. The van der Waals surface area contributed by atoms with Gasteiger partial charge in [0.1, 0.15) is 0 Å². The molecule has 0 spiro atoms. The highest BCUT2D eigenvalue weighted by molar-refractivity contribution is 5.34. The minimum absolute atomic E-state index is 0.160. The summed E-state index contributed by atoms with van der Waals surface area (Å²) >= 11 is 0. The van der Waals surface area contributed by atoms with Crippen molar-refractivity contribution in [3.8, 4) is 0 Å². The van der Waals surface area contributed by atoms with E-state index in [2.05, 4.69) is 39.0 Å². The topological polar surface area (TPSA) is 46.2 Å². The zero-order chi connectivity index (χ0) is 13.7. The van der Waals surface area contributed by atoms with E-state index in [1.54, 1.807) is 0 Å². The molecule has 2 heteroatoms. The molecule has 0 amide bonds. The minimum atomic E-state index is -0.421. The van der Waals surface area contributed by atoms with Crippen molar-refractivity contribution in [3.63, 3.8) is 0 Å². The molecule has 3 N–H and O–H groups in total. The van der Waals surface area contributed by atoms with Gasteiger partial charge in [0.05, 0.1) is 6.10 Å². The first-order chi connectivity index (χ1) is 8.49. The van der Waals surface area contributed by atoms with Crippen molar-refractivity contribution in [1.82, 2.24) is 0 Å². The molecule has 0 aromatic heterocycles. The van der Waals surface area contributed by atoms with Crippen molar-refractivity contribution in [1.29, 1.82) is 0 Å². The first-order valence-electron chi connectivity index (χ1n) is 7.04. The monoisotopic (exact) mass is 249 g/mol. The van der Waals surface area contributed by atoms with Gasteiger partial charge in [-0.1, -0.05) is 39.0 Å². The molecule has 0 fully saturated rings. The normalized spacial score (nSPS) is 16.3. The molecule has 0 saturated carbocycles. The standard InChI is InChI=1S/C16H27NO/c1-5-13-7-8-14(6-2)15(10-13)11(3)9-16(18)12(4)17/h7-8,10-12,16,18H,5-6,9,17H2,1-4H3. The first-order valence-corrected chi connectivity index (χ1v) is 7.04. The van der Waals surface area contributed by atoms with Crippen molar-refractivity contribution >= 4 is 0 Å². The number of nitrogens with two attached hydrogens (primary N) is 1. The zero-order valence-electron chi connectivity index (χ0n) is 12.1. The second-order valence-electron chi connectivity index (χ2n) is 5.30. The molecule has 0 aliphatic heterocycles. The maximum Gasteiger partial charge on any atom is 0.0694 e. The van der Waals surface area contributed by atoms with Gasteiger partial charge in [0.2, 0.25) is 0 Å². The van der Waals surface area contributed by atoms with Gasteiger partial charge < -0.3 is 10.8 Å². The summed E-state index contributed by atoms with van der Waals surface area (Å²) in [6.45, 7) is 8.39. The van der Waals surface area contributed by atoms with E-state index in [9.17, 15) is 5.11 Å². The Kier molecular flexibility index (Phi) is 5.83. The third kappa shape index (κ3) is 3.82. The van der Waals surface area contributed by atoms with Crippen LogP contribution in [0.15, 0.2) is 18.2 Å². The summed E-state index contributed by atoms with van der Waals surface area (Å²) in [6, 6.07) is 6.56. The molecule has 1 aromatic rings. The SMILES string of the molecule is CCc1ccc(CC)c(C(C)CC(O)C(C)N)c1. The fourth-order valence-electron chi connectivity index (χ4n) is 2.35. The van der Waals surface area contributed by atoms with E-state index >= 15 is 0 Å². The van der Waals surface area contributed by atoms with E-state index in [1.807, 2.05) is 6.92 Å². The second-order valence-corrected chi connectivity index (χ2v) is 5.30. The van der Waals surface area contributed by atoms with Crippen LogP contribution in [0.5, 0.6) is 0 Å². The predicted octanol–water partition coefficient (Wildman–Crippen LogP) is 3.01. The van der Waals surface area contributed by atoms with E-state index < -0.39 is 6.10 Å². The van der Waals surface area contributed by atoms with Crippen LogP contribution in [-0.2, 0) is 12.8 Å². The van der Waals surface area contributed by atoms with Crippen LogP contribution >= 0.6 is 0 Å². The maximum atomic E-state index is 9.92. The van der Waals surface area contributed by atoms with Crippen molar-refractivity contribution < 1.29 is 5.11 Å². The Morgan fingerprint density at radius 1 is 1.17 bits per heavy atom. The fraction of sp³-hybridized carbons (Fsp3) is 0.625. The Morgan fingerprint density at radius 2 is 1.83 bits per heavy atom. The average molecular weight is 249 g/mol. The van der Waals surface area contributed by atoms with Gasteiger partial charge in [-0.2, -0.15) is 0 Å². The number of aliphatic hydroxyl groups excluding tert-OH is 1. The molecular weight excluding hydrogens is 222 g/mol. The van der Waals surface area contributed by atoms with Gasteiger partial charge in [-0.25, -0.2) is 0 Å². The molecule has 0 bridgehead atoms. The van der Waals surface area contributed by atoms with E-state index in [4.69, 9.17) is 5.73 Å². The van der Waals surface area contributed by atoms with Gasteiger partial charge in [-0.05, 0) is 48.8 Å². The van der Waals surface area contributed by atoms with Gasteiger partial charge >= 0.3 is 0 Å². The highest BCUT2D eigenvalue weighted by Crippen LogP contribution is 2.26. The minimum Gasteiger partial charge on any atom is -0.392 e. The van der Waals surface area contributed by atoms with Crippen LogP contribution < -0.4 is 5.73 Å². The lowest BCUT2D eigenvalue weighted by Gasteiger charge is -2.22. The fourth-order valence-corrected chi connectivity index (χ4v) is 2.35. The number of aryl methyl sites for hydroxylation is 2. The second kappa shape index (κ2) is 6.91. The quantitative estimate of drug-likeness (QED) is 0.814. The number of hydrogen-bond acceptors (Lipinski definition) is 2. The van der Waals surface area contributed by atoms with Crippen molar-refractivity contribution in [2.75, 3.05) is 0 Å². The summed E-state index contributed by atoms with van der Waals surface area (Å²) in [7, 11) is 0. The lowest BCUT2D eigenvalue weighted by molar-refractivity contribution is 0.134. The molecule has 2 nitrogen and oxygen atoms in total. The highest BCUT2D eigenvalue weighted by Gasteiger charge is 2.17. The van der Waals surface area contributed by atoms with Gasteiger partial charge in [0.25, 0.3) is 0 Å². The van der Waals surface area contributed by atoms with Crippen molar-refractivity contribution in [3.05, 3.63) is 34.9 Å². The van der Waals surface area contributed by atoms with Crippen LogP contribution in [0.2, 0.25) is 0 Å². The Hall–Kier alpha value is -0.860. The molecule has 0 saturated heterocycles. The molecule has 102 valence electrons. The molecule has 0 heterocycles. The van der Waals surface area contributed by atoms with E-state index in [-0.39, 0.29) is 6.04 Å². The summed E-state index contributed by atoms with van der Waals surface area (Å²) in [6.07, 6.45) is 2.41. The van der Waals surface area contributed by atoms with Crippen LogP contribution in [0.4, 0.5) is 0 Å². The Balaban J connectivity index is 2.91. The largest absolute Gasteiger partial charge is 0.392 e. The highest BCUT2D eigenvalue weighted by atomic mass is 16.3. The van der Waals surface area contributed by atoms with Crippen LogP contribution in [-0.4, -0.2) is 17.3 Å². The molecule has 3 atom stereocenters. The summed E-state index contributed by atoms with van der Waals surface area (Å²) in [4.78, 5) is 0. The Labute approximate surface area is 111 Å². The summed E-state index contributed by atoms with van der Waals surface area (Å²) in [5.41, 5.74) is 9.86. The van der Waals surface area contributed by atoms with E-state index in [1.165, 1.54) is 16.7 Å². The number of rotatable bonds is 6. The smallest absolute Gasteiger partial charge is 0.0694 e. The van der Waals surface area contributed by atoms with Crippen molar-refractivity contribution in [2.24, 2.45) is 5.73 Å². The van der Waals surface area contributed by atoms with E-state index in [0.29, 0.717) is 5.92 Å². The molecule has 1 aromatic carbocycles. The predicted molar refractivity (Wildman–Crippen MR) is 77.9 cm³/mol. The summed E-state index contributed by atoms with van der Waals surface area (Å²) in [5, 5.41) is 9.92. The number of hydrogen-bond donors (Lipinski definition) is 2. The van der Waals surface area contributed by atoms with Crippen LogP contribution in [0, 0.1) is 0 Å². The van der Waals surface area contributed by atoms with Gasteiger partial charge in [0.15, 0.2) is 0 Å². The molecule has 3 unspecified atom stereocenters. The van der Waals surface area contributed by atoms with Gasteiger partial charge in [0, 0.05) is 6.04 Å². The summed E-state index contributed by atoms with van der Waals surface area (Å²) < 4.78 is 0. The van der Waals surface area contributed by atoms with Gasteiger partial charge in [-0.15, -0.1) is 0 Å². The lowest BCUT2D eigenvalue weighted by atomic mass is 9.87. The first kappa shape index (κ1) is 15.2. The Morgan fingerprint density at radius 3 is 2.33 bits per heavy atom. The third-order valence-corrected chi connectivity index (χ3v) is 3.73. The molecule has 0 radical (unpaired) electrons. The summed E-state index contributed by atoms with van der Waals surface area (Å²) in [5.74, 6) is 0.354. The lowest BCUT2D eigenvalue weighted by Crippen LogP contribution is -2.32. The number of aliphatic hydroxyl groups is 1. The van der Waals surface area contributed by atoms with Crippen LogP contribution in [0.1, 0.15) is 56.7 Å². The molecule has 18 heavy (non-hydrogen) atoms. The third-order valence-electron chi connectivity index (χ3n) is 3.73. The Bertz CT molecular complexity index is 373. The zero-order valence-corrected chi connectivity index (χ0v) is 12.1. The number of benzene rings is 1. The molecular formula is C16H27NO. The van der Waals surface area contributed by atoms with E-state index in [0.717, 1.165) is 19.3 Å². The van der Waals surface area contributed by atoms with Crippen LogP contribution in [0.3, 0.4) is 0 Å².